The molecular formula is C21H17BrN2S. The van der Waals surface area contributed by atoms with Crippen molar-refractivity contribution in [1.82, 2.24) is 5.01 Å². The van der Waals surface area contributed by atoms with Crippen molar-refractivity contribution >= 4 is 44.8 Å². The Hall–Kier alpha value is -2.17. The number of thioether (sulfide) groups is 1. The van der Waals surface area contributed by atoms with Crippen molar-refractivity contribution in [1.29, 1.82) is 0 Å². The summed E-state index contributed by atoms with van der Waals surface area (Å²) in [5.41, 5.74) is 4.73. The van der Waals surface area contributed by atoms with Crippen LogP contribution >= 0.6 is 27.7 Å². The van der Waals surface area contributed by atoms with Crippen molar-refractivity contribution in [2.24, 2.45) is 0 Å². The number of anilines is 2. The van der Waals surface area contributed by atoms with Gasteiger partial charge in [0.1, 0.15) is 0 Å². The summed E-state index contributed by atoms with van der Waals surface area (Å²) in [5.74, 6) is 0.884. The van der Waals surface area contributed by atoms with Crippen molar-refractivity contribution < 1.29 is 0 Å². The van der Waals surface area contributed by atoms with Crippen LogP contribution in [0, 0.1) is 0 Å². The zero-order chi connectivity index (χ0) is 17.1. The van der Waals surface area contributed by atoms with Gasteiger partial charge in [0.15, 0.2) is 0 Å². The van der Waals surface area contributed by atoms with E-state index < -0.39 is 0 Å². The van der Waals surface area contributed by atoms with Crippen LogP contribution in [0.3, 0.4) is 0 Å². The number of rotatable bonds is 4. The van der Waals surface area contributed by atoms with E-state index >= 15 is 0 Å². The van der Waals surface area contributed by atoms with Gasteiger partial charge >= 0.3 is 0 Å². The smallest absolute Gasteiger partial charge is 0.0896 e. The third kappa shape index (κ3) is 3.46. The maximum absolute atomic E-state index is 3.52. The third-order valence-electron chi connectivity index (χ3n) is 4.05. The minimum atomic E-state index is 0.884. The molecule has 0 spiro atoms. The van der Waals surface area contributed by atoms with Crippen LogP contribution in [-0.2, 0) is 0 Å². The maximum Gasteiger partial charge on any atom is 0.0896 e. The maximum atomic E-state index is 3.52. The number of halogens is 1. The highest BCUT2D eigenvalue weighted by molar-refractivity contribution is 9.10. The predicted molar refractivity (Wildman–Crippen MR) is 111 cm³/mol. The zero-order valence-corrected chi connectivity index (χ0v) is 16.0. The van der Waals surface area contributed by atoms with Gasteiger partial charge in [-0.25, -0.2) is 0 Å². The molecule has 0 aliphatic carbocycles. The number of hydrazine groups is 1. The van der Waals surface area contributed by atoms with Gasteiger partial charge in [0.2, 0.25) is 0 Å². The Balaban J connectivity index is 1.77. The summed E-state index contributed by atoms with van der Waals surface area (Å²) in [6, 6.07) is 29.5. The van der Waals surface area contributed by atoms with E-state index in [0.717, 1.165) is 21.7 Å². The Morgan fingerprint density at radius 1 is 0.760 bits per heavy atom. The predicted octanol–water partition coefficient (Wildman–Crippen LogP) is 6.51. The molecule has 25 heavy (non-hydrogen) atoms. The molecule has 0 saturated carbocycles. The highest BCUT2D eigenvalue weighted by atomic mass is 79.9. The quantitative estimate of drug-likeness (QED) is 0.485. The average molecular weight is 409 g/mol. The van der Waals surface area contributed by atoms with Gasteiger partial charge in [-0.2, -0.15) is 0 Å². The first-order valence-electron chi connectivity index (χ1n) is 8.08. The van der Waals surface area contributed by atoms with E-state index in [2.05, 4.69) is 116 Å². The second-order valence-corrected chi connectivity index (χ2v) is 7.43. The van der Waals surface area contributed by atoms with Gasteiger partial charge in [-0.1, -0.05) is 64.5 Å². The summed E-state index contributed by atoms with van der Waals surface area (Å²) in [6.45, 7) is 0. The van der Waals surface area contributed by atoms with Gasteiger partial charge in [-0.15, -0.1) is 11.8 Å². The Labute approximate surface area is 160 Å². The van der Waals surface area contributed by atoms with Crippen molar-refractivity contribution in [2.45, 2.75) is 0 Å². The van der Waals surface area contributed by atoms with Gasteiger partial charge in [0.25, 0.3) is 0 Å². The summed E-state index contributed by atoms with van der Waals surface area (Å²) in [6.07, 6.45) is 0. The molecule has 4 rings (SSSR count). The molecule has 0 fully saturated rings. The molecule has 0 N–H and O–H groups in total. The molecule has 0 radical (unpaired) electrons. The topological polar surface area (TPSA) is 6.48 Å². The molecule has 0 bridgehead atoms. The number of nitrogens with zero attached hydrogens (tertiary/aromatic N) is 2. The molecule has 0 unspecified atom stereocenters. The molecule has 124 valence electrons. The molecular weight excluding hydrogens is 392 g/mol. The van der Waals surface area contributed by atoms with E-state index in [4.69, 9.17) is 0 Å². The van der Waals surface area contributed by atoms with Gasteiger partial charge in [-0.05, 0) is 41.8 Å². The Morgan fingerprint density at radius 2 is 1.32 bits per heavy atom. The molecule has 1 aliphatic heterocycles. The lowest BCUT2D eigenvalue weighted by Crippen LogP contribution is -2.35. The van der Waals surface area contributed by atoms with Gasteiger partial charge < -0.3 is 0 Å². The van der Waals surface area contributed by atoms with Crippen LogP contribution in [0.15, 0.2) is 94.8 Å². The molecule has 1 heterocycles. The van der Waals surface area contributed by atoms with E-state index in [1.165, 1.54) is 11.3 Å². The van der Waals surface area contributed by atoms with E-state index in [-0.39, 0.29) is 0 Å². The van der Waals surface area contributed by atoms with Crippen molar-refractivity contribution in [3.63, 3.8) is 0 Å². The Bertz CT molecular complexity index is 824. The molecule has 4 heteroatoms. The summed E-state index contributed by atoms with van der Waals surface area (Å²) in [5, 5.41) is 6.86. The van der Waals surface area contributed by atoms with Crippen LogP contribution in [0.5, 0.6) is 0 Å². The average Bonchev–Trinajstić information content (AvgIpc) is 3.14. The lowest BCUT2D eigenvalue weighted by atomic mass is 10.1. The summed E-state index contributed by atoms with van der Waals surface area (Å²) < 4.78 is 1.09. The van der Waals surface area contributed by atoms with E-state index in [1.54, 1.807) is 0 Å². The minimum absolute atomic E-state index is 0.884. The van der Waals surface area contributed by atoms with Crippen molar-refractivity contribution in [2.75, 3.05) is 10.9 Å². The Morgan fingerprint density at radius 3 is 1.88 bits per heavy atom. The monoisotopic (exact) mass is 408 g/mol. The standard InChI is InChI=1S/C21H17BrN2S/c22-18-13-11-17(12-14-18)21-15-25-16-23(21)24(19-7-3-1-4-8-19)20-9-5-2-6-10-20/h1-15H,16H2. The lowest BCUT2D eigenvalue weighted by molar-refractivity contribution is 0.480. The Kier molecular flexibility index (Phi) is 4.81. The van der Waals surface area contributed by atoms with Crippen LogP contribution in [0.25, 0.3) is 5.70 Å². The number of hydrogen-bond donors (Lipinski definition) is 0. The minimum Gasteiger partial charge on any atom is -0.269 e. The summed E-state index contributed by atoms with van der Waals surface area (Å²) in [7, 11) is 0. The molecule has 0 saturated heterocycles. The second-order valence-electron chi connectivity index (χ2n) is 5.69. The van der Waals surface area contributed by atoms with E-state index in [9.17, 15) is 0 Å². The van der Waals surface area contributed by atoms with E-state index in [1.807, 2.05) is 11.8 Å². The SMILES string of the molecule is Brc1ccc(C2=CSCN2N(c2ccccc2)c2ccccc2)cc1. The third-order valence-corrected chi connectivity index (χ3v) is 5.37. The summed E-state index contributed by atoms with van der Waals surface area (Å²) in [4.78, 5) is 0. The van der Waals surface area contributed by atoms with Crippen LogP contribution in [-0.4, -0.2) is 10.9 Å². The lowest BCUT2D eigenvalue weighted by Gasteiger charge is -2.36. The van der Waals surface area contributed by atoms with Crippen LogP contribution in [0.4, 0.5) is 11.4 Å². The number of hydrogen-bond acceptors (Lipinski definition) is 3. The van der Waals surface area contributed by atoms with Crippen LogP contribution < -0.4 is 5.01 Å². The number of benzene rings is 3. The van der Waals surface area contributed by atoms with Crippen LogP contribution in [0.2, 0.25) is 0 Å². The molecule has 3 aromatic rings. The largest absolute Gasteiger partial charge is 0.269 e. The van der Waals surface area contributed by atoms with Gasteiger partial charge in [-0.3, -0.25) is 10.0 Å². The van der Waals surface area contributed by atoms with Crippen molar-refractivity contribution in [3.05, 3.63) is 100 Å². The van der Waals surface area contributed by atoms with Gasteiger partial charge in [0.05, 0.1) is 22.9 Å². The van der Waals surface area contributed by atoms with Gasteiger partial charge in [0, 0.05) is 10.0 Å². The first kappa shape index (κ1) is 16.3. The van der Waals surface area contributed by atoms with Crippen LogP contribution in [0.1, 0.15) is 5.56 Å². The fourth-order valence-electron chi connectivity index (χ4n) is 2.89. The fourth-order valence-corrected chi connectivity index (χ4v) is 4.04. The van der Waals surface area contributed by atoms with E-state index in [0.29, 0.717) is 0 Å². The zero-order valence-electron chi connectivity index (χ0n) is 13.5. The molecule has 1 aliphatic rings. The molecule has 0 atom stereocenters. The molecule has 0 aromatic heterocycles. The second kappa shape index (κ2) is 7.38. The normalized spacial score (nSPS) is 13.6. The molecule has 3 aromatic carbocycles. The molecule has 0 amide bonds. The molecule has 2 nitrogen and oxygen atoms in total. The first-order valence-corrected chi connectivity index (χ1v) is 9.92. The summed E-state index contributed by atoms with van der Waals surface area (Å²) >= 11 is 5.34. The fraction of sp³-hybridized carbons (Fsp3) is 0.0476. The number of para-hydroxylation sites is 2. The highest BCUT2D eigenvalue weighted by Gasteiger charge is 2.25. The first-order chi connectivity index (χ1) is 12.3. The highest BCUT2D eigenvalue weighted by Crippen LogP contribution is 2.38. The van der Waals surface area contributed by atoms with Crippen molar-refractivity contribution in [3.8, 4) is 0 Å².